The molecule has 1 heterocycles. The lowest BCUT2D eigenvalue weighted by molar-refractivity contribution is 0.252. The van der Waals surface area contributed by atoms with E-state index in [1.807, 2.05) is 25.9 Å². The number of rotatable bonds is 4. The summed E-state index contributed by atoms with van der Waals surface area (Å²) in [5, 5.41) is 0. The number of hydrogen-bond donors (Lipinski definition) is 1. The van der Waals surface area contributed by atoms with Crippen molar-refractivity contribution in [3.63, 3.8) is 0 Å². The fourth-order valence-electron chi connectivity index (χ4n) is 0.910. The highest BCUT2D eigenvalue weighted by molar-refractivity contribution is 5.28. The fraction of sp³-hybridized carbons (Fsp3) is 0.556. The number of nitrogen functional groups attached to an aromatic ring is 1. The maximum absolute atomic E-state index is 5.46. The molecule has 14 heavy (non-hydrogen) atoms. The molecule has 0 aliphatic heterocycles. The Morgan fingerprint density at radius 3 is 2.86 bits per heavy atom. The van der Waals surface area contributed by atoms with Gasteiger partial charge in [-0.3, -0.25) is 0 Å². The lowest BCUT2D eigenvalue weighted by Crippen LogP contribution is -2.20. The highest BCUT2D eigenvalue weighted by Gasteiger charge is 2.02. The van der Waals surface area contributed by atoms with Crippen molar-refractivity contribution in [2.75, 3.05) is 33.0 Å². The molecule has 0 bridgehead atoms. The molecule has 0 amide bonds. The van der Waals surface area contributed by atoms with Crippen LogP contribution < -0.4 is 10.5 Å². The predicted octanol–water partition coefficient (Wildman–Crippen LogP) is 0.308. The molecule has 0 spiro atoms. The van der Waals surface area contributed by atoms with E-state index in [2.05, 4.69) is 9.97 Å². The Hall–Kier alpha value is -1.36. The summed E-state index contributed by atoms with van der Waals surface area (Å²) in [6.07, 6.45) is 1.66. The van der Waals surface area contributed by atoms with Crippen LogP contribution in [0.15, 0.2) is 6.20 Å². The fourth-order valence-corrected chi connectivity index (χ4v) is 0.910. The molecule has 0 aliphatic carbocycles. The van der Waals surface area contributed by atoms with Gasteiger partial charge in [0.2, 0.25) is 11.8 Å². The Labute approximate surface area is 83.9 Å². The minimum Gasteiger partial charge on any atom is -0.476 e. The maximum Gasteiger partial charge on any atom is 0.223 e. The topological polar surface area (TPSA) is 64.3 Å². The first kappa shape index (κ1) is 10.7. The molecule has 0 fully saturated rings. The molecule has 0 aliphatic rings. The van der Waals surface area contributed by atoms with Gasteiger partial charge < -0.3 is 15.4 Å². The zero-order valence-corrected chi connectivity index (χ0v) is 8.82. The Morgan fingerprint density at radius 2 is 2.21 bits per heavy atom. The van der Waals surface area contributed by atoms with E-state index in [0.717, 1.165) is 12.1 Å². The van der Waals surface area contributed by atoms with Gasteiger partial charge in [-0.1, -0.05) is 0 Å². The highest BCUT2D eigenvalue weighted by atomic mass is 16.5. The molecule has 0 unspecified atom stereocenters. The third-order valence-electron chi connectivity index (χ3n) is 1.72. The highest BCUT2D eigenvalue weighted by Crippen LogP contribution is 2.13. The van der Waals surface area contributed by atoms with Crippen molar-refractivity contribution in [3.8, 4) is 5.88 Å². The normalized spacial score (nSPS) is 10.6. The summed E-state index contributed by atoms with van der Waals surface area (Å²) in [7, 11) is 3.98. The van der Waals surface area contributed by atoms with Gasteiger partial charge in [0, 0.05) is 18.3 Å². The molecule has 0 aromatic carbocycles. The van der Waals surface area contributed by atoms with Crippen LogP contribution in [0.3, 0.4) is 0 Å². The number of ether oxygens (including phenoxy) is 1. The summed E-state index contributed by atoms with van der Waals surface area (Å²) >= 11 is 0. The molecule has 5 heteroatoms. The number of nitrogens with two attached hydrogens (primary N) is 1. The van der Waals surface area contributed by atoms with Crippen LogP contribution in [0.5, 0.6) is 5.88 Å². The third-order valence-corrected chi connectivity index (χ3v) is 1.72. The van der Waals surface area contributed by atoms with E-state index < -0.39 is 0 Å². The zero-order chi connectivity index (χ0) is 10.6. The van der Waals surface area contributed by atoms with Crippen molar-refractivity contribution < 1.29 is 4.74 Å². The number of anilines is 1. The van der Waals surface area contributed by atoms with Crippen LogP contribution in [0.4, 0.5) is 5.95 Å². The predicted molar refractivity (Wildman–Crippen MR) is 55.2 cm³/mol. The van der Waals surface area contributed by atoms with Crippen LogP contribution in [-0.4, -0.2) is 42.1 Å². The third kappa shape index (κ3) is 3.18. The Kier molecular flexibility index (Phi) is 3.64. The van der Waals surface area contributed by atoms with Gasteiger partial charge in [0.1, 0.15) is 6.61 Å². The summed E-state index contributed by atoms with van der Waals surface area (Å²) in [5.41, 5.74) is 6.35. The van der Waals surface area contributed by atoms with Gasteiger partial charge in [0.15, 0.2) is 0 Å². The minimum atomic E-state index is 0.246. The second-order valence-corrected chi connectivity index (χ2v) is 3.37. The summed E-state index contributed by atoms with van der Waals surface area (Å²) < 4.78 is 5.46. The average Bonchev–Trinajstić information content (AvgIpc) is 2.10. The molecule has 1 aromatic heterocycles. The first-order valence-electron chi connectivity index (χ1n) is 4.46. The Balaban J connectivity index is 2.53. The van der Waals surface area contributed by atoms with Gasteiger partial charge in [0.05, 0.1) is 0 Å². The van der Waals surface area contributed by atoms with Crippen LogP contribution in [0, 0.1) is 6.92 Å². The molecule has 0 saturated heterocycles. The smallest absolute Gasteiger partial charge is 0.223 e. The van der Waals surface area contributed by atoms with Crippen molar-refractivity contribution in [3.05, 3.63) is 11.8 Å². The summed E-state index contributed by atoms with van der Waals surface area (Å²) in [5.74, 6) is 0.815. The van der Waals surface area contributed by atoms with Gasteiger partial charge in [-0.15, -0.1) is 0 Å². The van der Waals surface area contributed by atoms with E-state index in [0.29, 0.717) is 12.5 Å². The quantitative estimate of drug-likeness (QED) is 0.750. The number of hydrogen-bond acceptors (Lipinski definition) is 5. The van der Waals surface area contributed by atoms with Crippen LogP contribution >= 0.6 is 0 Å². The van der Waals surface area contributed by atoms with Crippen molar-refractivity contribution >= 4 is 5.95 Å². The largest absolute Gasteiger partial charge is 0.476 e. The molecule has 1 aromatic rings. The number of aromatic nitrogens is 2. The standard InChI is InChI=1S/C9H16N4O/c1-7-6-11-9(10)12-8(7)14-5-4-13(2)3/h6H,4-5H2,1-3H3,(H2,10,11,12). The molecule has 78 valence electrons. The minimum absolute atomic E-state index is 0.246. The average molecular weight is 196 g/mol. The summed E-state index contributed by atoms with van der Waals surface area (Å²) in [6.45, 7) is 3.35. The van der Waals surface area contributed by atoms with Gasteiger partial charge >= 0.3 is 0 Å². The number of nitrogens with zero attached hydrogens (tertiary/aromatic N) is 3. The second-order valence-electron chi connectivity index (χ2n) is 3.37. The van der Waals surface area contributed by atoms with Crippen LogP contribution in [0.1, 0.15) is 5.56 Å². The van der Waals surface area contributed by atoms with Crippen LogP contribution in [-0.2, 0) is 0 Å². The van der Waals surface area contributed by atoms with Crippen molar-refractivity contribution in [2.24, 2.45) is 0 Å². The molecule has 5 nitrogen and oxygen atoms in total. The van der Waals surface area contributed by atoms with E-state index in [9.17, 15) is 0 Å². The molecule has 0 radical (unpaired) electrons. The van der Waals surface area contributed by atoms with E-state index >= 15 is 0 Å². The van der Waals surface area contributed by atoms with E-state index in [4.69, 9.17) is 10.5 Å². The van der Waals surface area contributed by atoms with Crippen LogP contribution in [0.2, 0.25) is 0 Å². The monoisotopic (exact) mass is 196 g/mol. The molecule has 0 saturated carbocycles. The molecular weight excluding hydrogens is 180 g/mol. The molecule has 2 N–H and O–H groups in total. The summed E-state index contributed by atoms with van der Waals surface area (Å²) in [6, 6.07) is 0. The van der Waals surface area contributed by atoms with E-state index in [-0.39, 0.29) is 5.95 Å². The molecular formula is C9H16N4O. The lowest BCUT2D eigenvalue weighted by atomic mass is 10.4. The first-order valence-corrected chi connectivity index (χ1v) is 4.46. The van der Waals surface area contributed by atoms with Crippen LogP contribution in [0.25, 0.3) is 0 Å². The zero-order valence-electron chi connectivity index (χ0n) is 8.82. The van der Waals surface area contributed by atoms with Crippen molar-refractivity contribution in [2.45, 2.75) is 6.92 Å². The second kappa shape index (κ2) is 4.76. The maximum atomic E-state index is 5.46. The van der Waals surface area contributed by atoms with E-state index in [1.54, 1.807) is 6.20 Å². The lowest BCUT2D eigenvalue weighted by Gasteiger charge is -2.11. The Morgan fingerprint density at radius 1 is 1.50 bits per heavy atom. The SMILES string of the molecule is Cc1cnc(N)nc1OCCN(C)C. The Bertz CT molecular complexity index is 301. The summed E-state index contributed by atoms with van der Waals surface area (Å²) in [4.78, 5) is 9.90. The van der Waals surface area contributed by atoms with Crippen molar-refractivity contribution in [1.29, 1.82) is 0 Å². The number of aryl methyl sites for hydroxylation is 1. The van der Waals surface area contributed by atoms with Gasteiger partial charge in [-0.2, -0.15) is 4.98 Å². The van der Waals surface area contributed by atoms with Gasteiger partial charge in [0.25, 0.3) is 0 Å². The first-order chi connectivity index (χ1) is 6.59. The van der Waals surface area contributed by atoms with Gasteiger partial charge in [-0.05, 0) is 21.0 Å². The molecule has 0 atom stereocenters. The van der Waals surface area contributed by atoms with Gasteiger partial charge in [-0.25, -0.2) is 4.98 Å². The molecule has 1 rings (SSSR count). The van der Waals surface area contributed by atoms with E-state index in [1.165, 1.54) is 0 Å². The number of likely N-dealkylation sites (N-methyl/N-ethyl adjacent to an activating group) is 1. The van der Waals surface area contributed by atoms with Crippen molar-refractivity contribution in [1.82, 2.24) is 14.9 Å².